The van der Waals surface area contributed by atoms with Crippen molar-refractivity contribution >= 4 is 11.3 Å². The number of hydrogen-bond donors (Lipinski definition) is 8. The molecule has 2 saturated heterocycles. The lowest BCUT2D eigenvalue weighted by molar-refractivity contribution is -0.232. The first kappa shape index (κ1) is 21.0. The Hall–Kier alpha value is -0.700. The van der Waals surface area contributed by atoms with Crippen molar-refractivity contribution in [3.63, 3.8) is 0 Å². The number of thiophene rings is 1. The van der Waals surface area contributed by atoms with E-state index >= 15 is 0 Å². The molecule has 0 saturated carbocycles. The molecule has 10 nitrogen and oxygen atoms in total. The Morgan fingerprint density at radius 2 is 1.19 bits per heavy atom. The lowest BCUT2D eigenvalue weighted by Gasteiger charge is -2.40. The van der Waals surface area contributed by atoms with Gasteiger partial charge in [-0.2, -0.15) is 0 Å². The highest BCUT2D eigenvalue weighted by Crippen LogP contribution is 2.39. The van der Waals surface area contributed by atoms with Crippen LogP contribution in [0.1, 0.15) is 22.6 Å². The molecule has 0 radical (unpaired) electrons. The van der Waals surface area contributed by atoms with Crippen LogP contribution in [0.5, 0.6) is 0 Å². The molecule has 11 heteroatoms. The summed E-state index contributed by atoms with van der Waals surface area (Å²) >= 11 is 1.13. The van der Waals surface area contributed by atoms with E-state index in [2.05, 4.69) is 0 Å². The fraction of sp³-hybridized carbons (Fsp3) is 0.750. The van der Waals surface area contributed by atoms with Gasteiger partial charge in [-0.1, -0.05) is 0 Å². The van der Waals surface area contributed by atoms with Crippen molar-refractivity contribution in [1.82, 2.24) is 0 Å². The van der Waals surface area contributed by atoms with Gasteiger partial charge in [0.25, 0.3) is 0 Å². The summed E-state index contributed by atoms with van der Waals surface area (Å²) in [5.74, 6) is 0. The zero-order chi connectivity index (χ0) is 19.9. The molecule has 2 aliphatic heterocycles. The molecular formula is C16H24O10S. The maximum absolute atomic E-state index is 10.2. The van der Waals surface area contributed by atoms with Crippen LogP contribution in [0.2, 0.25) is 0 Å². The van der Waals surface area contributed by atoms with Crippen molar-refractivity contribution < 1.29 is 50.3 Å². The second-order valence-corrected chi connectivity index (χ2v) is 7.72. The van der Waals surface area contributed by atoms with Crippen LogP contribution < -0.4 is 0 Å². The molecule has 10 unspecified atom stereocenters. The first-order valence-corrected chi connectivity index (χ1v) is 9.37. The van der Waals surface area contributed by atoms with Gasteiger partial charge in [0.2, 0.25) is 0 Å². The van der Waals surface area contributed by atoms with Crippen LogP contribution in [0.4, 0.5) is 0 Å². The standard InChI is InChI=1S/C16H24O10S/c17-2-6-9(19)11(21)13(23)15(25-6)5-1-8(27-4-5)16-14(24)12(22)10(20)7(3-18)26-16/h1,4,6-7,9-24H,2-3H2. The molecular weight excluding hydrogens is 384 g/mol. The zero-order valence-electron chi connectivity index (χ0n) is 14.1. The predicted octanol–water partition coefficient (Wildman–Crippen LogP) is -3.22. The number of aliphatic hydroxyl groups excluding tert-OH is 8. The maximum atomic E-state index is 10.2. The number of aliphatic hydroxyl groups is 8. The molecule has 10 atom stereocenters. The first-order chi connectivity index (χ1) is 12.8. The van der Waals surface area contributed by atoms with Crippen molar-refractivity contribution in [2.24, 2.45) is 0 Å². The molecule has 2 aliphatic rings. The van der Waals surface area contributed by atoms with E-state index in [0.29, 0.717) is 10.4 Å². The molecule has 0 bridgehead atoms. The van der Waals surface area contributed by atoms with Gasteiger partial charge in [-0.15, -0.1) is 11.3 Å². The Balaban J connectivity index is 1.82. The average molecular weight is 408 g/mol. The Kier molecular flexibility index (Phi) is 6.50. The van der Waals surface area contributed by atoms with Crippen LogP contribution in [0.3, 0.4) is 0 Å². The summed E-state index contributed by atoms with van der Waals surface area (Å²) < 4.78 is 11.0. The summed E-state index contributed by atoms with van der Waals surface area (Å²) in [6, 6.07) is 1.53. The smallest absolute Gasteiger partial charge is 0.121 e. The molecule has 154 valence electrons. The van der Waals surface area contributed by atoms with E-state index in [1.165, 1.54) is 6.07 Å². The highest BCUT2D eigenvalue weighted by atomic mass is 32.1. The van der Waals surface area contributed by atoms with Crippen molar-refractivity contribution in [2.45, 2.75) is 61.0 Å². The van der Waals surface area contributed by atoms with Crippen LogP contribution in [0.15, 0.2) is 11.4 Å². The third kappa shape index (κ3) is 3.78. The Morgan fingerprint density at radius 1 is 0.704 bits per heavy atom. The fourth-order valence-corrected chi connectivity index (χ4v) is 4.39. The summed E-state index contributed by atoms with van der Waals surface area (Å²) in [6.45, 7) is -1.10. The summed E-state index contributed by atoms with van der Waals surface area (Å²) in [5.41, 5.74) is 0.420. The van der Waals surface area contributed by atoms with E-state index in [4.69, 9.17) is 9.47 Å². The largest absolute Gasteiger partial charge is 0.394 e. The molecule has 3 heterocycles. The van der Waals surface area contributed by atoms with E-state index in [1.54, 1.807) is 5.38 Å². The van der Waals surface area contributed by atoms with E-state index in [0.717, 1.165) is 11.3 Å². The van der Waals surface area contributed by atoms with Gasteiger partial charge in [0.15, 0.2) is 0 Å². The van der Waals surface area contributed by atoms with Gasteiger partial charge in [0.05, 0.1) is 13.2 Å². The highest BCUT2D eigenvalue weighted by Gasteiger charge is 2.46. The van der Waals surface area contributed by atoms with Gasteiger partial charge in [-0.3, -0.25) is 0 Å². The maximum Gasteiger partial charge on any atom is 0.121 e. The third-order valence-corrected chi connectivity index (χ3v) is 6.05. The molecule has 0 amide bonds. The minimum absolute atomic E-state index is 0.420. The molecule has 0 aromatic carbocycles. The molecule has 27 heavy (non-hydrogen) atoms. The first-order valence-electron chi connectivity index (χ1n) is 8.49. The molecule has 0 spiro atoms. The van der Waals surface area contributed by atoms with Gasteiger partial charge in [-0.05, 0) is 17.0 Å². The summed E-state index contributed by atoms with van der Waals surface area (Å²) in [7, 11) is 0. The second kappa shape index (κ2) is 8.35. The van der Waals surface area contributed by atoms with Crippen molar-refractivity contribution in [1.29, 1.82) is 0 Å². The minimum Gasteiger partial charge on any atom is -0.394 e. The van der Waals surface area contributed by atoms with Crippen LogP contribution in [0.25, 0.3) is 0 Å². The lowest BCUT2D eigenvalue weighted by atomic mass is 9.91. The normalized spacial score (nSPS) is 45.8. The Morgan fingerprint density at radius 3 is 1.70 bits per heavy atom. The van der Waals surface area contributed by atoms with Gasteiger partial charge in [0, 0.05) is 4.88 Å². The Bertz CT molecular complexity index is 572. The van der Waals surface area contributed by atoms with E-state index < -0.39 is 74.3 Å². The number of hydrogen-bond acceptors (Lipinski definition) is 11. The minimum atomic E-state index is -1.52. The molecule has 3 rings (SSSR count). The second-order valence-electron chi connectivity index (χ2n) is 6.78. The van der Waals surface area contributed by atoms with Gasteiger partial charge in [0.1, 0.15) is 61.0 Å². The lowest BCUT2D eigenvalue weighted by Crippen LogP contribution is -2.55. The monoisotopic (exact) mass is 408 g/mol. The van der Waals surface area contributed by atoms with Crippen LogP contribution >= 0.6 is 11.3 Å². The summed E-state index contributed by atoms with van der Waals surface area (Å²) in [6.07, 6.45) is -13.0. The van der Waals surface area contributed by atoms with E-state index in [-0.39, 0.29) is 0 Å². The zero-order valence-corrected chi connectivity index (χ0v) is 15.0. The van der Waals surface area contributed by atoms with Gasteiger partial charge >= 0.3 is 0 Å². The molecule has 1 aromatic heterocycles. The van der Waals surface area contributed by atoms with Gasteiger partial charge in [-0.25, -0.2) is 0 Å². The van der Waals surface area contributed by atoms with Crippen LogP contribution in [-0.2, 0) is 9.47 Å². The van der Waals surface area contributed by atoms with Crippen LogP contribution in [0, 0.1) is 0 Å². The van der Waals surface area contributed by atoms with E-state index in [1.807, 2.05) is 0 Å². The Labute approximate surface area is 158 Å². The third-order valence-electron chi connectivity index (χ3n) is 5.03. The highest BCUT2D eigenvalue weighted by molar-refractivity contribution is 7.10. The molecule has 8 N–H and O–H groups in total. The van der Waals surface area contributed by atoms with Crippen molar-refractivity contribution in [2.75, 3.05) is 13.2 Å². The molecule has 0 aliphatic carbocycles. The average Bonchev–Trinajstić information content (AvgIpc) is 3.14. The molecule has 2 fully saturated rings. The predicted molar refractivity (Wildman–Crippen MR) is 89.8 cm³/mol. The topological polar surface area (TPSA) is 180 Å². The van der Waals surface area contributed by atoms with Crippen LogP contribution in [-0.4, -0.2) is 103 Å². The summed E-state index contributed by atoms with van der Waals surface area (Å²) in [5, 5.41) is 80.1. The summed E-state index contributed by atoms with van der Waals surface area (Å²) in [4.78, 5) is 0.443. The van der Waals surface area contributed by atoms with Crippen molar-refractivity contribution in [3.05, 3.63) is 21.9 Å². The number of ether oxygens (including phenoxy) is 2. The molecule has 1 aromatic rings. The quantitative estimate of drug-likeness (QED) is 0.252. The SMILES string of the molecule is OCC1OC(c2csc(C3OC(CO)C(O)C(O)C3O)c2)C(O)C(O)C1O. The fourth-order valence-electron chi connectivity index (χ4n) is 3.38. The van der Waals surface area contributed by atoms with Crippen molar-refractivity contribution in [3.8, 4) is 0 Å². The number of rotatable bonds is 4. The van der Waals surface area contributed by atoms with E-state index in [9.17, 15) is 40.9 Å². The van der Waals surface area contributed by atoms with Gasteiger partial charge < -0.3 is 50.3 Å².